The second-order valence-electron chi connectivity index (χ2n) is 6.91. The lowest BCUT2D eigenvalue weighted by Crippen LogP contribution is -2.23. The maximum Gasteiger partial charge on any atom is 0.395 e. The number of ether oxygens (including phenoxy) is 2. The number of para-hydroxylation sites is 2. The Kier molecular flexibility index (Phi) is 7.63. The molecule has 1 saturated carbocycles. The molecule has 0 aliphatic heterocycles. The fourth-order valence-electron chi connectivity index (χ4n) is 2.96. The summed E-state index contributed by atoms with van der Waals surface area (Å²) in [6.45, 7) is 1.35. The summed E-state index contributed by atoms with van der Waals surface area (Å²) in [6, 6.07) is 3.84. The summed E-state index contributed by atoms with van der Waals surface area (Å²) in [4.78, 5) is 24.3. The Morgan fingerprint density at radius 2 is 1.53 bits per heavy atom. The van der Waals surface area contributed by atoms with Crippen LogP contribution in [0, 0.1) is 29.1 Å². The molecule has 0 aromatic heterocycles. The minimum absolute atomic E-state index is 0.214. The molecule has 0 bridgehead atoms. The molecule has 1 aliphatic carbocycles. The van der Waals surface area contributed by atoms with Crippen LogP contribution in [0.5, 0.6) is 17.2 Å². The zero-order valence-electron chi connectivity index (χ0n) is 16.6. The van der Waals surface area contributed by atoms with Crippen molar-refractivity contribution in [1.82, 2.24) is 0 Å². The van der Waals surface area contributed by atoms with Crippen LogP contribution in [0.15, 0.2) is 29.0 Å². The Morgan fingerprint density at radius 1 is 1.00 bits per heavy atom. The zero-order chi connectivity index (χ0) is 23.4. The van der Waals surface area contributed by atoms with Crippen LogP contribution in [0.2, 0.25) is 0 Å². The van der Waals surface area contributed by atoms with Crippen molar-refractivity contribution in [3.8, 4) is 17.2 Å². The number of nitrogens with zero attached hydrogens (tertiary/aromatic N) is 1. The van der Waals surface area contributed by atoms with Gasteiger partial charge in [0.1, 0.15) is 6.10 Å². The van der Waals surface area contributed by atoms with Gasteiger partial charge >= 0.3 is 14.1 Å². The Labute approximate surface area is 180 Å². The highest BCUT2D eigenvalue weighted by Crippen LogP contribution is 2.39. The molecule has 6 nitrogen and oxygen atoms in total. The van der Waals surface area contributed by atoms with E-state index >= 15 is 0 Å². The molecule has 0 spiro atoms. The van der Waals surface area contributed by atoms with E-state index in [1.54, 1.807) is 0 Å². The van der Waals surface area contributed by atoms with Crippen molar-refractivity contribution < 1.29 is 45.6 Å². The highest BCUT2D eigenvalue weighted by Gasteiger charge is 2.29. The summed E-state index contributed by atoms with van der Waals surface area (Å²) in [5.41, 5.74) is 0. The van der Waals surface area contributed by atoms with E-state index in [9.17, 15) is 31.6 Å². The molecular weight excluding hydrogens is 460 g/mol. The van der Waals surface area contributed by atoms with Crippen molar-refractivity contribution in [3.63, 3.8) is 0 Å². The summed E-state index contributed by atoms with van der Waals surface area (Å²) >= 11 is 0. The van der Waals surface area contributed by atoms with Gasteiger partial charge in [-0.15, -0.1) is 0 Å². The SMILES string of the molecule is CC(N=[P+]([O-])Oc1ccccc1Oc1c(F)c(F)c(F)c(F)c1F)C(=O)OC1CCCC1. The largest absolute Gasteiger partial charge is 0.575 e. The van der Waals surface area contributed by atoms with Gasteiger partial charge in [0, 0.05) is 0 Å². The summed E-state index contributed by atoms with van der Waals surface area (Å²) in [6.07, 6.45) is 3.16. The predicted molar refractivity (Wildman–Crippen MR) is 101 cm³/mol. The van der Waals surface area contributed by atoms with E-state index in [4.69, 9.17) is 14.0 Å². The van der Waals surface area contributed by atoms with Crippen molar-refractivity contribution in [2.24, 2.45) is 4.74 Å². The summed E-state index contributed by atoms with van der Waals surface area (Å²) < 4.78 is 86.7. The van der Waals surface area contributed by atoms with Crippen LogP contribution in [0.3, 0.4) is 0 Å². The topological polar surface area (TPSA) is 80.2 Å². The molecule has 2 aromatic rings. The van der Waals surface area contributed by atoms with E-state index in [0.29, 0.717) is 0 Å². The van der Waals surface area contributed by atoms with Crippen molar-refractivity contribution in [1.29, 1.82) is 0 Å². The van der Waals surface area contributed by atoms with Crippen LogP contribution in [-0.4, -0.2) is 18.1 Å². The van der Waals surface area contributed by atoms with E-state index < -0.39 is 60.8 Å². The molecule has 2 aromatic carbocycles. The molecule has 0 heterocycles. The van der Waals surface area contributed by atoms with E-state index in [1.165, 1.54) is 25.1 Å². The number of carbonyl (C=O) groups is 1. The van der Waals surface area contributed by atoms with Gasteiger partial charge in [-0.1, -0.05) is 16.9 Å². The molecule has 2 unspecified atom stereocenters. The number of esters is 1. The summed E-state index contributed by atoms with van der Waals surface area (Å²) in [5.74, 6) is -14.2. The average Bonchev–Trinajstić information content (AvgIpc) is 3.28. The number of hydrogen-bond donors (Lipinski definition) is 0. The number of halogens is 5. The Bertz CT molecular complexity index is 1020. The number of benzene rings is 2. The summed E-state index contributed by atoms with van der Waals surface area (Å²) in [7, 11) is -2.87. The maximum atomic E-state index is 13.9. The monoisotopic (exact) mass is 477 g/mol. The van der Waals surface area contributed by atoms with Gasteiger partial charge in [-0.2, -0.15) is 8.78 Å². The molecule has 0 N–H and O–H groups in total. The van der Waals surface area contributed by atoms with Gasteiger partial charge in [-0.05, 0) is 44.7 Å². The highest BCUT2D eigenvalue weighted by molar-refractivity contribution is 7.34. The lowest BCUT2D eigenvalue weighted by molar-refractivity contribution is -0.170. The third-order valence-electron chi connectivity index (χ3n) is 4.60. The van der Waals surface area contributed by atoms with Crippen LogP contribution in [0.4, 0.5) is 22.0 Å². The van der Waals surface area contributed by atoms with Crippen LogP contribution >= 0.6 is 8.17 Å². The Morgan fingerprint density at radius 3 is 2.12 bits per heavy atom. The molecule has 0 amide bonds. The predicted octanol–water partition coefficient (Wildman–Crippen LogP) is 5.28. The number of hydrogen-bond acceptors (Lipinski definition) is 6. The summed E-state index contributed by atoms with van der Waals surface area (Å²) in [5, 5.41) is 0. The van der Waals surface area contributed by atoms with Gasteiger partial charge in [-0.25, -0.2) is 18.0 Å². The van der Waals surface area contributed by atoms with Gasteiger partial charge in [0.2, 0.25) is 40.6 Å². The van der Waals surface area contributed by atoms with E-state index in [1.807, 2.05) is 0 Å². The first kappa shape index (κ1) is 23.9. The molecule has 0 radical (unpaired) electrons. The molecule has 1 fully saturated rings. The van der Waals surface area contributed by atoms with Gasteiger partial charge in [0.15, 0.2) is 11.8 Å². The third-order valence-corrected chi connectivity index (χ3v) is 5.49. The fourth-order valence-corrected chi connectivity index (χ4v) is 3.70. The Balaban J connectivity index is 1.77. The molecule has 2 atom stereocenters. The minimum Gasteiger partial charge on any atom is -0.575 e. The quantitative estimate of drug-likeness (QED) is 0.178. The lowest BCUT2D eigenvalue weighted by Gasteiger charge is -2.13. The van der Waals surface area contributed by atoms with E-state index in [2.05, 4.69) is 4.74 Å². The fraction of sp³-hybridized carbons (Fsp3) is 0.350. The minimum atomic E-state index is -2.87. The van der Waals surface area contributed by atoms with Crippen LogP contribution in [0.25, 0.3) is 0 Å². The first-order valence-corrected chi connectivity index (χ1v) is 10.7. The van der Waals surface area contributed by atoms with Crippen LogP contribution < -0.4 is 14.2 Å². The van der Waals surface area contributed by atoms with Gasteiger partial charge < -0.3 is 14.4 Å². The van der Waals surface area contributed by atoms with E-state index in [0.717, 1.165) is 31.7 Å². The van der Waals surface area contributed by atoms with Gasteiger partial charge in [-0.3, -0.25) is 4.52 Å². The number of rotatable bonds is 7. The molecular formula is C20H17F5NO5P. The normalized spacial score (nSPS) is 15.5. The van der Waals surface area contributed by atoms with Crippen molar-refractivity contribution in [3.05, 3.63) is 53.4 Å². The molecule has 3 rings (SSSR count). The highest BCUT2D eigenvalue weighted by atomic mass is 31.1. The molecule has 1 aliphatic rings. The van der Waals surface area contributed by atoms with Crippen molar-refractivity contribution in [2.75, 3.05) is 0 Å². The van der Waals surface area contributed by atoms with Gasteiger partial charge in [0.05, 0.1) is 0 Å². The molecule has 172 valence electrons. The van der Waals surface area contributed by atoms with E-state index in [-0.39, 0.29) is 11.9 Å². The zero-order valence-corrected chi connectivity index (χ0v) is 17.5. The second kappa shape index (κ2) is 10.2. The molecule has 12 heteroatoms. The maximum absolute atomic E-state index is 13.9. The Hall–Kier alpha value is -2.78. The van der Waals surface area contributed by atoms with Gasteiger partial charge in [0.25, 0.3) is 0 Å². The van der Waals surface area contributed by atoms with Crippen molar-refractivity contribution >= 4 is 14.1 Å². The first-order chi connectivity index (χ1) is 15.2. The molecule has 0 saturated heterocycles. The average molecular weight is 477 g/mol. The smallest absolute Gasteiger partial charge is 0.395 e. The van der Waals surface area contributed by atoms with Crippen LogP contribution in [0.1, 0.15) is 32.6 Å². The lowest BCUT2D eigenvalue weighted by atomic mass is 10.2. The van der Waals surface area contributed by atoms with Crippen LogP contribution in [-0.2, 0) is 9.53 Å². The first-order valence-electron chi connectivity index (χ1n) is 9.53. The van der Waals surface area contributed by atoms with Crippen molar-refractivity contribution in [2.45, 2.75) is 44.8 Å². The molecule has 32 heavy (non-hydrogen) atoms. The third kappa shape index (κ3) is 5.34. The second-order valence-corrected chi connectivity index (χ2v) is 7.80. The standard InChI is InChI=1S/C20H17F5NO5P/c1-10(20(27)29-11-6-2-3-7-11)26-32(28)31-13-9-5-4-8-12(13)30-19-17(24)15(22)14(21)16(23)18(19)25/h4-5,8-11H,2-3,6-7H2,1H3. The number of carbonyl (C=O) groups excluding carboxylic acids is 1.